The van der Waals surface area contributed by atoms with Crippen LogP contribution in [0.1, 0.15) is 0 Å². The lowest BCUT2D eigenvalue weighted by molar-refractivity contribution is -0.178. The highest BCUT2D eigenvalue weighted by Gasteiger charge is 2.65. The van der Waals surface area contributed by atoms with E-state index in [1.807, 2.05) is 24.3 Å². The van der Waals surface area contributed by atoms with Crippen LogP contribution in [0.2, 0.25) is 0 Å². The minimum atomic E-state index is -1.65. The Hall–Kier alpha value is -2.92. The Morgan fingerprint density at radius 3 is 2.04 bits per heavy atom. The summed E-state index contributed by atoms with van der Waals surface area (Å²) in [7, 11) is 0. The third-order valence-electron chi connectivity index (χ3n) is 4.96. The van der Waals surface area contributed by atoms with Gasteiger partial charge >= 0.3 is 0 Å². The van der Waals surface area contributed by atoms with Crippen LogP contribution in [0.25, 0.3) is 10.8 Å². The molecule has 0 amide bonds. The second-order valence-electron chi connectivity index (χ2n) is 6.20. The number of ketones is 2. The van der Waals surface area contributed by atoms with Crippen LogP contribution < -0.4 is 9.47 Å². The number of benzene rings is 2. The molecule has 1 aliphatic heterocycles. The average Bonchev–Trinajstić information content (AvgIpc) is 3.02. The van der Waals surface area contributed by atoms with E-state index < -0.39 is 28.9 Å². The third kappa shape index (κ3) is 1.39. The van der Waals surface area contributed by atoms with Gasteiger partial charge in [-0.15, -0.1) is 0 Å². The van der Waals surface area contributed by atoms with E-state index in [1.54, 1.807) is 12.1 Å². The van der Waals surface area contributed by atoms with Gasteiger partial charge in [0.15, 0.2) is 17.7 Å². The van der Waals surface area contributed by atoms with Crippen LogP contribution >= 0.6 is 0 Å². The second kappa shape index (κ2) is 4.13. The summed E-state index contributed by atoms with van der Waals surface area (Å²) in [6.07, 6.45) is 3.77. The van der Waals surface area contributed by atoms with Crippen molar-refractivity contribution >= 4 is 22.3 Å². The summed E-state index contributed by atoms with van der Waals surface area (Å²) in [4.78, 5) is 24.5. The van der Waals surface area contributed by atoms with E-state index in [1.165, 1.54) is 24.3 Å². The summed E-state index contributed by atoms with van der Waals surface area (Å²) in [5.74, 6) is -1.43. The van der Waals surface area contributed by atoms with Gasteiger partial charge in [-0.1, -0.05) is 30.3 Å². The lowest BCUT2D eigenvalue weighted by Gasteiger charge is -2.39. The minimum absolute atomic E-state index is 0.461. The van der Waals surface area contributed by atoms with Gasteiger partial charge in [0.25, 0.3) is 5.79 Å². The molecule has 1 heterocycles. The first-order valence-electron chi connectivity index (χ1n) is 7.62. The number of rotatable bonds is 0. The van der Waals surface area contributed by atoms with Gasteiger partial charge in [-0.3, -0.25) is 9.59 Å². The predicted molar refractivity (Wildman–Crippen MR) is 84.7 cm³/mol. The molecule has 24 heavy (non-hydrogen) atoms. The molecule has 2 spiro atoms. The van der Waals surface area contributed by atoms with Crippen LogP contribution in [0.15, 0.2) is 60.7 Å². The van der Waals surface area contributed by atoms with Gasteiger partial charge in [-0.2, -0.15) is 0 Å². The Morgan fingerprint density at radius 2 is 1.46 bits per heavy atom. The molecule has 0 radical (unpaired) electrons. The zero-order chi connectivity index (χ0) is 16.5. The first kappa shape index (κ1) is 13.5. The zero-order valence-electron chi connectivity index (χ0n) is 12.4. The highest BCUT2D eigenvalue weighted by atomic mass is 16.7. The van der Waals surface area contributed by atoms with Crippen molar-refractivity contribution in [3.05, 3.63) is 60.7 Å². The molecule has 0 fully saturated rings. The number of hydrogen-bond acceptors (Lipinski definition) is 5. The average molecular weight is 320 g/mol. The van der Waals surface area contributed by atoms with Crippen molar-refractivity contribution in [3.63, 3.8) is 0 Å². The summed E-state index contributed by atoms with van der Waals surface area (Å²) >= 11 is 0. The van der Waals surface area contributed by atoms with Crippen LogP contribution in [0.4, 0.5) is 0 Å². The number of aliphatic hydroxyl groups is 1. The Kier molecular flexibility index (Phi) is 2.32. The molecule has 0 aromatic heterocycles. The summed E-state index contributed by atoms with van der Waals surface area (Å²) in [6.45, 7) is 0. The molecule has 3 aliphatic rings. The lowest BCUT2D eigenvalue weighted by atomic mass is 9.79. The minimum Gasteiger partial charge on any atom is -0.445 e. The Labute approximate surface area is 136 Å². The van der Waals surface area contributed by atoms with Crippen LogP contribution in [-0.4, -0.2) is 28.6 Å². The fourth-order valence-corrected chi connectivity index (χ4v) is 3.72. The summed E-state index contributed by atoms with van der Waals surface area (Å²) in [5.41, 5.74) is -1.65. The molecule has 2 aromatic carbocycles. The van der Waals surface area contributed by atoms with Crippen LogP contribution in [-0.2, 0) is 9.59 Å². The van der Waals surface area contributed by atoms with Crippen molar-refractivity contribution in [1.82, 2.24) is 0 Å². The Balaban J connectivity index is 1.66. The van der Waals surface area contributed by atoms with Gasteiger partial charge < -0.3 is 14.6 Å². The molecule has 0 saturated heterocycles. The van der Waals surface area contributed by atoms with Gasteiger partial charge in [0.05, 0.1) is 5.39 Å². The monoisotopic (exact) mass is 320 g/mol. The fourth-order valence-electron chi connectivity index (χ4n) is 3.72. The maximum atomic E-state index is 12.3. The maximum Gasteiger partial charge on any atom is 0.299 e. The van der Waals surface area contributed by atoms with Gasteiger partial charge in [0, 0.05) is 0 Å². The van der Waals surface area contributed by atoms with Crippen molar-refractivity contribution in [2.45, 2.75) is 11.9 Å². The van der Waals surface area contributed by atoms with Gasteiger partial charge in [-0.05, 0) is 35.7 Å². The van der Waals surface area contributed by atoms with Crippen LogP contribution in [0, 0.1) is 5.41 Å². The van der Waals surface area contributed by atoms with Crippen molar-refractivity contribution in [3.8, 4) is 11.5 Å². The number of aliphatic hydroxyl groups excluding tert-OH is 1. The van der Waals surface area contributed by atoms with E-state index >= 15 is 0 Å². The third-order valence-corrected chi connectivity index (χ3v) is 4.96. The van der Waals surface area contributed by atoms with Crippen molar-refractivity contribution in [2.75, 3.05) is 0 Å². The highest BCUT2D eigenvalue weighted by Crippen LogP contribution is 2.50. The summed E-state index contributed by atoms with van der Waals surface area (Å²) in [6, 6.07) is 11.1. The predicted octanol–water partition coefficient (Wildman–Crippen LogP) is 1.93. The van der Waals surface area contributed by atoms with E-state index in [-0.39, 0.29) is 0 Å². The second-order valence-corrected chi connectivity index (χ2v) is 6.20. The quantitative estimate of drug-likeness (QED) is 0.593. The van der Waals surface area contributed by atoms with E-state index in [0.29, 0.717) is 11.5 Å². The van der Waals surface area contributed by atoms with Crippen molar-refractivity contribution < 1.29 is 24.2 Å². The fraction of sp³-hybridized carbons (Fsp3) is 0.158. The van der Waals surface area contributed by atoms with Crippen molar-refractivity contribution in [1.29, 1.82) is 0 Å². The van der Waals surface area contributed by atoms with Crippen LogP contribution in [0.3, 0.4) is 0 Å². The standard InChI is InChI=1S/C19H12O5/c20-14-7-8-15(21)18(14)9-10-19(17(18)22)23-12-5-1-3-11-4-2-6-13(24-19)16(11)12/h1-10,17,22H/t17-/m0/s1. The maximum absolute atomic E-state index is 12.3. The van der Waals surface area contributed by atoms with Crippen molar-refractivity contribution in [2.24, 2.45) is 5.41 Å². The first-order valence-corrected chi connectivity index (χ1v) is 7.62. The largest absolute Gasteiger partial charge is 0.445 e. The molecule has 1 atom stereocenters. The molecule has 2 aliphatic carbocycles. The number of hydrogen-bond donors (Lipinski definition) is 1. The number of allylic oxidation sites excluding steroid dienone is 2. The SMILES string of the molecule is O=C1C=CC(=O)C12C=CC1(Oc3cccc4cccc(c34)O1)[C@H]2O. The van der Waals surface area contributed by atoms with E-state index in [0.717, 1.165) is 10.8 Å². The van der Waals surface area contributed by atoms with Gasteiger partial charge in [0.1, 0.15) is 16.9 Å². The van der Waals surface area contributed by atoms with E-state index in [2.05, 4.69) is 0 Å². The molecular formula is C19H12O5. The molecule has 118 valence electrons. The summed E-state index contributed by atoms with van der Waals surface area (Å²) < 4.78 is 11.9. The molecular weight excluding hydrogens is 308 g/mol. The van der Waals surface area contributed by atoms with Gasteiger partial charge in [-0.25, -0.2) is 0 Å². The van der Waals surface area contributed by atoms with Gasteiger partial charge in [0.2, 0.25) is 0 Å². The molecule has 2 aromatic rings. The van der Waals surface area contributed by atoms with E-state index in [4.69, 9.17) is 9.47 Å². The highest BCUT2D eigenvalue weighted by molar-refractivity contribution is 6.24. The molecule has 5 heteroatoms. The summed E-state index contributed by atoms with van der Waals surface area (Å²) in [5, 5.41) is 12.6. The Morgan fingerprint density at radius 1 is 0.875 bits per heavy atom. The molecule has 1 N–H and O–H groups in total. The first-order chi connectivity index (χ1) is 11.6. The molecule has 0 unspecified atom stereocenters. The number of carbonyl (C=O) groups is 2. The zero-order valence-corrected chi connectivity index (χ0v) is 12.4. The normalized spacial score (nSPS) is 24.8. The van der Waals surface area contributed by atoms with E-state index in [9.17, 15) is 14.7 Å². The topological polar surface area (TPSA) is 72.8 Å². The number of ether oxygens (including phenoxy) is 2. The molecule has 0 saturated carbocycles. The molecule has 5 nitrogen and oxygen atoms in total. The smallest absolute Gasteiger partial charge is 0.299 e. The Bertz CT molecular complexity index is 926. The van der Waals surface area contributed by atoms with Crippen LogP contribution in [0.5, 0.6) is 11.5 Å². The molecule has 0 bridgehead atoms. The number of carbonyl (C=O) groups excluding carboxylic acids is 2. The molecule has 5 rings (SSSR count). The lowest BCUT2D eigenvalue weighted by Crippen LogP contribution is -2.58.